The van der Waals surface area contributed by atoms with E-state index in [9.17, 15) is 4.79 Å². The lowest BCUT2D eigenvalue weighted by molar-refractivity contribution is 0.0912. The summed E-state index contributed by atoms with van der Waals surface area (Å²) in [7, 11) is 0. The number of benzene rings is 1. The third kappa shape index (κ3) is 3.65. The number of ether oxygens (including phenoxy) is 1. The highest BCUT2D eigenvalue weighted by Crippen LogP contribution is 2.30. The number of pyridine rings is 1. The van der Waals surface area contributed by atoms with Gasteiger partial charge < -0.3 is 9.72 Å². The van der Waals surface area contributed by atoms with Gasteiger partial charge in [-0.25, -0.2) is 4.68 Å². The van der Waals surface area contributed by atoms with Gasteiger partial charge in [-0.3, -0.25) is 9.69 Å². The molecule has 3 aromatic rings. The van der Waals surface area contributed by atoms with Crippen molar-refractivity contribution in [1.82, 2.24) is 30.1 Å². The maximum absolute atomic E-state index is 13.2. The second-order valence-electron chi connectivity index (χ2n) is 8.33. The molecule has 0 amide bonds. The second-order valence-corrected chi connectivity index (χ2v) is 8.33. The summed E-state index contributed by atoms with van der Waals surface area (Å²) in [4.78, 5) is 18.6. The van der Waals surface area contributed by atoms with E-state index in [1.807, 2.05) is 16.8 Å². The predicted molar refractivity (Wildman–Crippen MR) is 113 cm³/mol. The Balaban J connectivity index is 1.59. The van der Waals surface area contributed by atoms with Gasteiger partial charge >= 0.3 is 0 Å². The molecule has 8 heteroatoms. The Labute approximate surface area is 175 Å². The Morgan fingerprint density at radius 1 is 1.23 bits per heavy atom. The third-order valence-corrected chi connectivity index (χ3v) is 6.35. The Bertz CT molecular complexity index is 1080. The van der Waals surface area contributed by atoms with E-state index in [1.165, 1.54) is 5.56 Å². The first-order valence-corrected chi connectivity index (χ1v) is 11.0. The quantitative estimate of drug-likeness (QED) is 0.674. The molecule has 0 spiro atoms. The minimum atomic E-state index is -0.262. The van der Waals surface area contributed by atoms with Crippen LogP contribution in [0.2, 0.25) is 0 Å². The number of hydrogen-bond acceptors (Lipinski definition) is 6. The summed E-state index contributed by atoms with van der Waals surface area (Å²) in [5, 5.41) is 13.7. The Morgan fingerprint density at radius 3 is 2.87 bits per heavy atom. The van der Waals surface area contributed by atoms with Gasteiger partial charge in [0.15, 0.2) is 5.82 Å². The number of aromatic nitrogens is 5. The normalized spacial score (nSPS) is 20.9. The van der Waals surface area contributed by atoms with Crippen molar-refractivity contribution in [2.24, 2.45) is 0 Å². The van der Waals surface area contributed by atoms with Crippen molar-refractivity contribution in [3.8, 4) is 0 Å². The maximum atomic E-state index is 13.2. The van der Waals surface area contributed by atoms with Gasteiger partial charge in [0.05, 0.1) is 12.6 Å². The minimum absolute atomic E-state index is 0.0738. The summed E-state index contributed by atoms with van der Waals surface area (Å²) >= 11 is 0. The van der Waals surface area contributed by atoms with Crippen molar-refractivity contribution < 1.29 is 4.74 Å². The summed E-state index contributed by atoms with van der Waals surface area (Å²) in [6.45, 7) is 5.42. The standard InChI is InChI=1S/C22H28N6O2/c1-2-15-7-8-19-16(12-15)13-18(22(29)23-19)20(27-9-3-4-10-27)21-24-25-26-28(21)14-17-6-5-11-30-17/h7-8,12-13,17,20H,2-6,9-11,14H2,1H3,(H,23,29)/t17-,20+/m1/s1. The van der Waals surface area contributed by atoms with Crippen LogP contribution in [0.15, 0.2) is 29.1 Å². The first kappa shape index (κ1) is 19.4. The predicted octanol–water partition coefficient (Wildman–Crippen LogP) is 2.44. The minimum Gasteiger partial charge on any atom is -0.376 e. The lowest BCUT2D eigenvalue weighted by atomic mass is 10.0. The van der Waals surface area contributed by atoms with Crippen LogP contribution in [-0.4, -0.2) is 55.9 Å². The molecule has 2 fully saturated rings. The molecule has 1 aromatic carbocycles. The molecule has 0 saturated carbocycles. The van der Waals surface area contributed by atoms with E-state index in [2.05, 4.69) is 44.5 Å². The zero-order chi connectivity index (χ0) is 20.5. The molecule has 2 aliphatic rings. The molecule has 4 heterocycles. The van der Waals surface area contributed by atoms with E-state index in [-0.39, 0.29) is 17.7 Å². The van der Waals surface area contributed by atoms with Crippen LogP contribution in [0.4, 0.5) is 0 Å². The van der Waals surface area contributed by atoms with Crippen molar-refractivity contribution in [3.63, 3.8) is 0 Å². The molecule has 0 bridgehead atoms. The van der Waals surface area contributed by atoms with Gasteiger partial charge in [-0.1, -0.05) is 13.0 Å². The number of aromatic amines is 1. The summed E-state index contributed by atoms with van der Waals surface area (Å²) in [6.07, 6.45) is 5.42. The van der Waals surface area contributed by atoms with Crippen LogP contribution in [0.5, 0.6) is 0 Å². The molecule has 8 nitrogen and oxygen atoms in total. The lowest BCUT2D eigenvalue weighted by Crippen LogP contribution is -2.34. The van der Waals surface area contributed by atoms with Gasteiger partial charge in [-0.15, -0.1) is 5.10 Å². The smallest absolute Gasteiger partial charge is 0.253 e. The van der Waals surface area contributed by atoms with Crippen molar-refractivity contribution in [3.05, 3.63) is 51.6 Å². The van der Waals surface area contributed by atoms with E-state index in [0.717, 1.165) is 68.5 Å². The fourth-order valence-corrected chi connectivity index (χ4v) is 4.71. The summed E-state index contributed by atoms with van der Waals surface area (Å²) in [5.74, 6) is 0.726. The molecule has 0 radical (unpaired) electrons. The highest BCUT2D eigenvalue weighted by Gasteiger charge is 2.32. The largest absolute Gasteiger partial charge is 0.376 e. The average Bonchev–Trinajstić information content (AvgIpc) is 3.53. The summed E-state index contributed by atoms with van der Waals surface area (Å²) < 4.78 is 7.64. The van der Waals surface area contributed by atoms with E-state index < -0.39 is 0 Å². The molecule has 2 saturated heterocycles. The molecule has 30 heavy (non-hydrogen) atoms. The third-order valence-electron chi connectivity index (χ3n) is 6.35. The number of nitrogens with zero attached hydrogens (tertiary/aromatic N) is 5. The topological polar surface area (TPSA) is 88.9 Å². The van der Waals surface area contributed by atoms with Crippen LogP contribution in [-0.2, 0) is 17.7 Å². The van der Waals surface area contributed by atoms with E-state index >= 15 is 0 Å². The number of rotatable bonds is 6. The van der Waals surface area contributed by atoms with Crippen LogP contribution >= 0.6 is 0 Å². The SMILES string of the molecule is CCc1ccc2[nH]c(=O)c([C@@H](c3nnnn3C[C@H]3CCCO3)N3CCCC3)cc2c1. The Hall–Kier alpha value is -2.58. The van der Waals surface area contributed by atoms with Crippen molar-refractivity contribution in [1.29, 1.82) is 0 Å². The van der Waals surface area contributed by atoms with Crippen LogP contribution < -0.4 is 5.56 Å². The van der Waals surface area contributed by atoms with Gasteiger partial charge in [0.25, 0.3) is 5.56 Å². The fourth-order valence-electron chi connectivity index (χ4n) is 4.71. The van der Waals surface area contributed by atoms with Crippen molar-refractivity contribution in [2.45, 2.75) is 57.7 Å². The van der Waals surface area contributed by atoms with Crippen molar-refractivity contribution in [2.75, 3.05) is 19.7 Å². The number of hydrogen-bond donors (Lipinski definition) is 1. The average molecular weight is 409 g/mol. The monoisotopic (exact) mass is 408 g/mol. The second kappa shape index (κ2) is 8.28. The number of aryl methyl sites for hydroxylation is 1. The summed E-state index contributed by atoms with van der Waals surface area (Å²) in [5.41, 5.74) is 2.75. The highest BCUT2D eigenvalue weighted by molar-refractivity contribution is 5.80. The van der Waals surface area contributed by atoms with Gasteiger partial charge in [-0.2, -0.15) is 0 Å². The van der Waals surface area contributed by atoms with Gasteiger partial charge in [0.2, 0.25) is 0 Å². The van der Waals surface area contributed by atoms with Crippen LogP contribution in [0.3, 0.4) is 0 Å². The van der Waals surface area contributed by atoms with E-state index in [1.54, 1.807) is 0 Å². The molecule has 1 N–H and O–H groups in total. The molecule has 0 aliphatic carbocycles. The number of tetrazole rings is 1. The fraction of sp³-hybridized carbons (Fsp3) is 0.545. The Morgan fingerprint density at radius 2 is 2.10 bits per heavy atom. The summed E-state index contributed by atoms with van der Waals surface area (Å²) in [6, 6.07) is 7.98. The number of H-pyrrole nitrogens is 1. The Kier molecular flexibility index (Phi) is 5.35. The van der Waals surface area contributed by atoms with Gasteiger partial charge in [0, 0.05) is 17.7 Å². The maximum Gasteiger partial charge on any atom is 0.253 e. The van der Waals surface area contributed by atoms with Gasteiger partial charge in [-0.05, 0) is 84.8 Å². The molecular formula is C22H28N6O2. The zero-order valence-corrected chi connectivity index (χ0v) is 17.4. The molecule has 0 unspecified atom stereocenters. The molecule has 2 atom stereocenters. The van der Waals surface area contributed by atoms with Crippen LogP contribution in [0.1, 0.15) is 55.6 Å². The van der Waals surface area contributed by atoms with Crippen LogP contribution in [0.25, 0.3) is 10.9 Å². The van der Waals surface area contributed by atoms with Gasteiger partial charge in [0.1, 0.15) is 6.04 Å². The molecule has 158 valence electrons. The molecule has 5 rings (SSSR count). The highest BCUT2D eigenvalue weighted by atomic mass is 16.5. The number of likely N-dealkylation sites (tertiary alicyclic amines) is 1. The van der Waals surface area contributed by atoms with E-state index in [4.69, 9.17) is 4.74 Å². The number of nitrogens with one attached hydrogen (secondary N) is 1. The molecule has 2 aromatic heterocycles. The zero-order valence-electron chi connectivity index (χ0n) is 17.4. The first-order chi connectivity index (χ1) is 14.7. The lowest BCUT2D eigenvalue weighted by Gasteiger charge is -2.27. The molecule has 2 aliphatic heterocycles. The first-order valence-electron chi connectivity index (χ1n) is 11.0. The van der Waals surface area contributed by atoms with Crippen LogP contribution in [0, 0.1) is 0 Å². The molecular weight excluding hydrogens is 380 g/mol. The number of fused-ring (bicyclic) bond motifs is 1. The van der Waals surface area contributed by atoms with Crippen molar-refractivity contribution >= 4 is 10.9 Å². The van der Waals surface area contributed by atoms with E-state index in [0.29, 0.717) is 12.1 Å².